The third-order valence-electron chi connectivity index (χ3n) is 4.30. The van der Waals surface area contributed by atoms with E-state index in [2.05, 4.69) is 16.3 Å². The van der Waals surface area contributed by atoms with Gasteiger partial charge in [0.1, 0.15) is 5.76 Å². The lowest BCUT2D eigenvalue weighted by Crippen LogP contribution is -2.42. The van der Waals surface area contributed by atoms with Crippen molar-refractivity contribution in [2.45, 2.75) is 19.4 Å². The molecule has 0 unspecified atom stereocenters. The molecule has 0 aliphatic carbocycles. The number of rotatable bonds is 6. The Hall–Kier alpha value is -1.72. The topological polar surface area (TPSA) is 45.5 Å². The van der Waals surface area contributed by atoms with Crippen molar-refractivity contribution >= 4 is 17.7 Å². The molecule has 2 aromatic rings. The van der Waals surface area contributed by atoms with Crippen LogP contribution in [0.4, 0.5) is 0 Å². The largest absolute Gasteiger partial charge is 0.468 e. The van der Waals surface area contributed by atoms with Crippen LogP contribution in [-0.4, -0.2) is 41.9 Å². The smallest absolute Gasteiger partial charge is 0.224 e. The van der Waals surface area contributed by atoms with Gasteiger partial charge in [-0.2, -0.15) is 11.8 Å². The molecule has 1 atom stereocenters. The molecule has 1 aromatic heterocycles. The number of nitrogens with one attached hydrogen (secondary N) is 1. The summed E-state index contributed by atoms with van der Waals surface area (Å²) in [5.74, 6) is 3.25. The summed E-state index contributed by atoms with van der Waals surface area (Å²) in [6.07, 6.45) is 2.12. The monoisotopic (exact) mass is 344 g/mol. The Morgan fingerprint density at radius 1 is 1.29 bits per heavy atom. The molecule has 1 aliphatic heterocycles. The summed E-state index contributed by atoms with van der Waals surface area (Å²) in [6.45, 7) is 4.69. The zero-order chi connectivity index (χ0) is 16.8. The van der Waals surface area contributed by atoms with Gasteiger partial charge < -0.3 is 9.73 Å². The number of furan rings is 1. The summed E-state index contributed by atoms with van der Waals surface area (Å²) in [7, 11) is 0. The van der Waals surface area contributed by atoms with Gasteiger partial charge in [0.2, 0.25) is 5.91 Å². The molecule has 1 fully saturated rings. The molecule has 0 bridgehead atoms. The van der Waals surface area contributed by atoms with Gasteiger partial charge >= 0.3 is 0 Å². The first-order valence-electron chi connectivity index (χ1n) is 8.40. The van der Waals surface area contributed by atoms with Gasteiger partial charge in [-0.05, 0) is 24.6 Å². The van der Waals surface area contributed by atoms with E-state index in [1.165, 1.54) is 5.56 Å². The van der Waals surface area contributed by atoms with Crippen molar-refractivity contribution in [3.05, 3.63) is 59.5 Å². The number of nitrogens with zero attached hydrogens (tertiary/aromatic N) is 1. The van der Waals surface area contributed by atoms with Crippen molar-refractivity contribution in [3.63, 3.8) is 0 Å². The highest BCUT2D eigenvalue weighted by Gasteiger charge is 2.25. The molecule has 0 spiro atoms. The Morgan fingerprint density at radius 3 is 2.83 bits per heavy atom. The number of aryl methyl sites for hydroxylation is 1. The summed E-state index contributed by atoms with van der Waals surface area (Å²) in [5, 5.41) is 3.09. The lowest BCUT2D eigenvalue weighted by molar-refractivity contribution is -0.120. The predicted octanol–water partition coefficient (Wildman–Crippen LogP) is 3.04. The third-order valence-corrected chi connectivity index (χ3v) is 5.24. The average Bonchev–Trinajstić information content (AvgIpc) is 3.10. The normalized spacial score (nSPS) is 16.7. The van der Waals surface area contributed by atoms with E-state index in [4.69, 9.17) is 4.42 Å². The number of hydrogen-bond donors (Lipinski definition) is 1. The number of carbonyl (C=O) groups excluding carboxylic acids is 1. The molecule has 4 nitrogen and oxygen atoms in total. The lowest BCUT2D eigenvalue weighted by Gasteiger charge is -2.33. The van der Waals surface area contributed by atoms with E-state index < -0.39 is 0 Å². The maximum Gasteiger partial charge on any atom is 0.224 e. The molecule has 1 aromatic carbocycles. The van der Waals surface area contributed by atoms with Gasteiger partial charge in [0.25, 0.3) is 0 Å². The SMILES string of the molecule is Cc1cccc(CC(=O)NC[C@H](c2ccco2)N2CCSCC2)c1. The van der Waals surface area contributed by atoms with Crippen LogP contribution in [0.2, 0.25) is 0 Å². The van der Waals surface area contributed by atoms with Gasteiger partial charge in [-0.3, -0.25) is 9.69 Å². The number of benzene rings is 1. The summed E-state index contributed by atoms with van der Waals surface area (Å²) in [4.78, 5) is 14.7. The first kappa shape index (κ1) is 17.1. The molecule has 2 heterocycles. The Morgan fingerprint density at radius 2 is 2.12 bits per heavy atom. The van der Waals surface area contributed by atoms with Crippen molar-refractivity contribution in [2.75, 3.05) is 31.1 Å². The van der Waals surface area contributed by atoms with Crippen LogP contribution in [0.5, 0.6) is 0 Å². The van der Waals surface area contributed by atoms with Crippen molar-refractivity contribution in [1.82, 2.24) is 10.2 Å². The zero-order valence-corrected chi connectivity index (χ0v) is 14.8. The second-order valence-electron chi connectivity index (χ2n) is 6.15. The Bertz CT molecular complexity index is 651. The Balaban J connectivity index is 1.59. The quantitative estimate of drug-likeness (QED) is 0.875. The van der Waals surface area contributed by atoms with Gasteiger partial charge in [-0.25, -0.2) is 0 Å². The van der Waals surface area contributed by atoms with Gasteiger partial charge in [-0.15, -0.1) is 0 Å². The zero-order valence-electron chi connectivity index (χ0n) is 14.0. The van der Waals surface area contributed by atoms with Crippen LogP contribution in [0.15, 0.2) is 47.1 Å². The molecule has 24 heavy (non-hydrogen) atoms. The highest BCUT2D eigenvalue weighted by atomic mass is 32.2. The van der Waals surface area contributed by atoms with Crippen molar-refractivity contribution in [1.29, 1.82) is 0 Å². The third kappa shape index (κ3) is 4.65. The fraction of sp³-hybridized carbons (Fsp3) is 0.421. The second-order valence-corrected chi connectivity index (χ2v) is 7.37. The van der Waals surface area contributed by atoms with Crippen LogP contribution in [-0.2, 0) is 11.2 Å². The molecule has 1 amide bonds. The van der Waals surface area contributed by atoms with Gasteiger partial charge in [0.05, 0.1) is 18.7 Å². The maximum atomic E-state index is 12.3. The van der Waals surface area contributed by atoms with E-state index in [1.807, 2.05) is 49.0 Å². The van der Waals surface area contributed by atoms with E-state index in [9.17, 15) is 4.79 Å². The highest BCUT2D eigenvalue weighted by Crippen LogP contribution is 2.24. The van der Waals surface area contributed by atoms with Gasteiger partial charge in [0.15, 0.2) is 0 Å². The number of carbonyl (C=O) groups is 1. The van der Waals surface area contributed by atoms with Crippen LogP contribution >= 0.6 is 11.8 Å². The molecule has 1 saturated heterocycles. The Kier molecular flexibility index (Phi) is 5.99. The van der Waals surface area contributed by atoms with Crippen LogP contribution in [0, 0.1) is 6.92 Å². The standard InChI is InChI=1S/C19H24N2O2S/c1-15-4-2-5-16(12-15)13-19(22)20-14-17(18-6-3-9-23-18)21-7-10-24-11-8-21/h2-6,9,12,17H,7-8,10-11,13-14H2,1H3,(H,20,22)/t17-/m1/s1. The van der Waals surface area contributed by atoms with Crippen LogP contribution < -0.4 is 5.32 Å². The minimum atomic E-state index is 0.0588. The lowest BCUT2D eigenvalue weighted by atomic mass is 10.1. The molecular weight excluding hydrogens is 320 g/mol. The predicted molar refractivity (Wildman–Crippen MR) is 98.2 cm³/mol. The molecule has 1 N–H and O–H groups in total. The molecule has 3 rings (SSSR count). The molecule has 128 valence electrons. The molecule has 0 saturated carbocycles. The summed E-state index contributed by atoms with van der Waals surface area (Å²) in [5.41, 5.74) is 2.23. The van der Waals surface area contributed by atoms with E-state index in [-0.39, 0.29) is 11.9 Å². The second kappa shape index (κ2) is 8.40. The number of thioether (sulfide) groups is 1. The first-order chi connectivity index (χ1) is 11.7. The maximum absolute atomic E-state index is 12.3. The Labute approximate surface area is 147 Å². The van der Waals surface area contributed by atoms with Crippen LogP contribution in [0.25, 0.3) is 0 Å². The average molecular weight is 344 g/mol. The molecule has 5 heteroatoms. The van der Waals surface area contributed by atoms with Crippen LogP contribution in [0.3, 0.4) is 0 Å². The summed E-state index contributed by atoms with van der Waals surface area (Å²) in [6, 6.07) is 12.1. The van der Waals surface area contributed by atoms with Gasteiger partial charge in [0, 0.05) is 31.1 Å². The minimum Gasteiger partial charge on any atom is -0.468 e. The molecule has 0 radical (unpaired) electrons. The summed E-state index contributed by atoms with van der Waals surface area (Å²) >= 11 is 1.98. The van der Waals surface area contributed by atoms with E-state index in [0.717, 1.165) is 35.9 Å². The minimum absolute atomic E-state index is 0.0588. The number of amides is 1. The van der Waals surface area contributed by atoms with E-state index in [0.29, 0.717) is 13.0 Å². The summed E-state index contributed by atoms with van der Waals surface area (Å²) < 4.78 is 5.62. The van der Waals surface area contributed by atoms with Crippen molar-refractivity contribution in [3.8, 4) is 0 Å². The van der Waals surface area contributed by atoms with Crippen molar-refractivity contribution in [2.24, 2.45) is 0 Å². The molecular formula is C19H24N2O2S. The first-order valence-corrected chi connectivity index (χ1v) is 9.55. The molecule has 1 aliphatic rings. The van der Waals surface area contributed by atoms with Crippen molar-refractivity contribution < 1.29 is 9.21 Å². The van der Waals surface area contributed by atoms with E-state index >= 15 is 0 Å². The van der Waals surface area contributed by atoms with Gasteiger partial charge in [-0.1, -0.05) is 29.8 Å². The fourth-order valence-corrected chi connectivity index (χ4v) is 3.99. The van der Waals surface area contributed by atoms with Crippen LogP contribution in [0.1, 0.15) is 22.9 Å². The fourth-order valence-electron chi connectivity index (χ4n) is 3.06. The van der Waals surface area contributed by atoms with E-state index in [1.54, 1.807) is 6.26 Å². The number of hydrogen-bond acceptors (Lipinski definition) is 4. The highest BCUT2D eigenvalue weighted by molar-refractivity contribution is 7.99.